The number of hydrogen-bond donors (Lipinski definition) is 3. The third kappa shape index (κ3) is 3.48. The normalized spacial score (nSPS) is 25.0. The Hall–Kier alpha value is -2.21. The van der Waals surface area contributed by atoms with Gasteiger partial charge in [0.25, 0.3) is 0 Å². The van der Waals surface area contributed by atoms with E-state index in [1.54, 1.807) is 6.07 Å². The van der Waals surface area contributed by atoms with Crippen LogP contribution < -0.4 is 16.1 Å². The van der Waals surface area contributed by atoms with E-state index in [2.05, 4.69) is 33.1 Å². The van der Waals surface area contributed by atoms with E-state index in [0.717, 1.165) is 30.9 Å². The topological polar surface area (TPSA) is 65.4 Å². The van der Waals surface area contributed by atoms with Crippen LogP contribution in [0.4, 0.5) is 4.39 Å². The maximum atomic E-state index is 13.9. The molecule has 2 heterocycles. The van der Waals surface area contributed by atoms with Crippen LogP contribution in [0.25, 0.3) is 0 Å². The Morgan fingerprint density at radius 3 is 2.88 bits per heavy atom. The van der Waals surface area contributed by atoms with Crippen LogP contribution in [0.5, 0.6) is 0 Å². The molecule has 0 radical (unpaired) electrons. The number of hydrazone groups is 1. The SMILES string of the molecule is CCC1=C([NH2+]Cc2ccccc2F)NC(=NC)CC1C1CC=NN1. The molecule has 3 rings (SSSR count). The fourth-order valence-corrected chi connectivity index (χ4v) is 3.48. The number of nitrogens with zero attached hydrogens (tertiary/aromatic N) is 2. The van der Waals surface area contributed by atoms with Gasteiger partial charge >= 0.3 is 0 Å². The first-order valence-electron chi connectivity index (χ1n) is 8.52. The van der Waals surface area contributed by atoms with E-state index < -0.39 is 0 Å². The standard InChI is InChI=1S/C18H24FN5/c1-3-13-14(16-8-9-22-24-16)10-17(20-2)23-18(13)21-11-12-6-4-5-7-15(12)19/h4-7,9,14,16,21,24H,3,8,10-11H2,1-2H3,(H,20,23)/p+1. The number of aliphatic imine (C=N–C) groups is 1. The van der Waals surface area contributed by atoms with Crippen molar-refractivity contribution in [2.75, 3.05) is 7.05 Å². The Morgan fingerprint density at radius 1 is 1.38 bits per heavy atom. The molecule has 0 aromatic heterocycles. The van der Waals surface area contributed by atoms with Gasteiger partial charge in [0, 0.05) is 43.2 Å². The fourth-order valence-electron chi connectivity index (χ4n) is 3.48. The zero-order chi connectivity index (χ0) is 16.9. The molecule has 4 N–H and O–H groups in total. The fraction of sp³-hybridized carbons (Fsp3) is 0.444. The van der Waals surface area contributed by atoms with Crippen LogP contribution in [0.1, 0.15) is 31.7 Å². The van der Waals surface area contributed by atoms with Crippen LogP contribution in [0.3, 0.4) is 0 Å². The average Bonchev–Trinajstić information content (AvgIpc) is 3.14. The number of quaternary nitrogens is 1. The molecule has 2 atom stereocenters. The highest BCUT2D eigenvalue weighted by atomic mass is 19.1. The second kappa shape index (κ2) is 7.57. The Bertz CT molecular complexity index is 672. The number of hydrogen-bond acceptors (Lipinski definition) is 3. The molecule has 0 amide bonds. The third-order valence-electron chi connectivity index (χ3n) is 4.80. The van der Waals surface area contributed by atoms with Crippen molar-refractivity contribution in [3.8, 4) is 0 Å². The van der Waals surface area contributed by atoms with Gasteiger partial charge in [-0.1, -0.05) is 25.1 Å². The molecule has 0 saturated carbocycles. The first-order chi connectivity index (χ1) is 11.7. The summed E-state index contributed by atoms with van der Waals surface area (Å²) in [5, 5.41) is 9.69. The molecule has 128 valence electrons. The summed E-state index contributed by atoms with van der Waals surface area (Å²) >= 11 is 0. The van der Waals surface area contributed by atoms with Gasteiger partial charge in [0.2, 0.25) is 5.82 Å². The minimum Gasteiger partial charge on any atom is -0.306 e. The number of halogens is 1. The molecule has 5 nitrogen and oxygen atoms in total. The zero-order valence-electron chi connectivity index (χ0n) is 14.2. The number of amidine groups is 1. The molecular weight excluding hydrogens is 305 g/mol. The van der Waals surface area contributed by atoms with Crippen molar-refractivity contribution in [1.82, 2.24) is 10.7 Å². The molecule has 0 aliphatic carbocycles. The number of rotatable bonds is 5. The highest BCUT2D eigenvalue weighted by Crippen LogP contribution is 2.29. The molecule has 0 bridgehead atoms. The van der Waals surface area contributed by atoms with Crippen LogP contribution in [-0.2, 0) is 6.54 Å². The quantitative estimate of drug-likeness (QED) is 0.766. The summed E-state index contributed by atoms with van der Waals surface area (Å²) in [5.41, 5.74) is 5.29. The van der Waals surface area contributed by atoms with Crippen LogP contribution in [0.15, 0.2) is 45.8 Å². The van der Waals surface area contributed by atoms with Crippen LogP contribution in [-0.4, -0.2) is 25.1 Å². The summed E-state index contributed by atoms with van der Waals surface area (Å²) in [5.74, 6) is 2.26. The molecule has 2 aliphatic rings. The van der Waals surface area contributed by atoms with Gasteiger partial charge in [0.15, 0.2) is 0 Å². The Morgan fingerprint density at radius 2 is 2.21 bits per heavy atom. The van der Waals surface area contributed by atoms with E-state index in [-0.39, 0.29) is 5.82 Å². The predicted molar refractivity (Wildman–Crippen MR) is 94.0 cm³/mol. The van der Waals surface area contributed by atoms with Gasteiger partial charge in [-0.05, 0) is 12.5 Å². The minimum atomic E-state index is -0.157. The Balaban J connectivity index is 1.82. The van der Waals surface area contributed by atoms with Gasteiger partial charge in [-0.2, -0.15) is 5.10 Å². The van der Waals surface area contributed by atoms with Gasteiger partial charge < -0.3 is 5.43 Å². The van der Waals surface area contributed by atoms with Gasteiger partial charge in [-0.15, -0.1) is 0 Å². The summed E-state index contributed by atoms with van der Waals surface area (Å²) in [6.07, 6.45) is 4.71. The second-order valence-corrected chi connectivity index (χ2v) is 6.18. The zero-order valence-corrected chi connectivity index (χ0v) is 14.2. The van der Waals surface area contributed by atoms with E-state index >= 15 is 0 Å². The molecule has 2 unspecified atom stereocenters. The van der Waals surface area contributed by atoms with Gasteiger partial charge in [-0.25, -0.2) is 4.39 Å². The average molecular weight is 330 g/mol. The highest BCUT2D eigenvalue weighted by Gasteiger charge is 2.34. The van der Waals surface area contributed by atoms with E-state index in [4.69, 9.17) is 0 Å². The second-order valence-electron chi connectivity index (χ2n) is 6.18. The van der Waals surface area contributed by atoms with E-state index in [1.165, 1.54) is 11.6 Å². The number of nitrogens with two attached hydrogens (primary N) is 1. The Kier molecular flexibility index (Phi) is 5.25. The summed E-state index contributed by atoms with van der Waals surface area (Å²) in [6.45, 7) is 2.74. The van der Waals surface area contributed by atoms with Crippen molar-refractivity contribution in [2.24, 2.45) is 16.0 Å². The molecule has 2 aliphatic heterocycles. The molecule has 1 aromatic carbocycles. The molecular formula is C18H25FN5+. The maximum absolute atomic E-state index is 13.9. The molecule has 1 aromatic rings. The largest absolute Gasteiger partial charge is 0.306 e. The summed E-state index contributed by atoms with van der Waals surface area (Å²) in [7, 11) is 1.81. The van der Waals surface area contributed by atoms with E-state index in [1.807, 2.05) is 25.4 Å². The van der Waals surface area contributed by atoms with Crippen molar-refractivity contribution in [1.29, 1.82) is 0 Å². The predicted octanol–water partition coefficient (Wildman–Crippen LogP) is 1.50. The molecule has 0 saturated heterocycles. The van der Waals surface area contributed by atoms with Crippen LogP contribution >= 0.6 is 0 Å². The van der Waals surface area contributed by atoms with Gasteiger partial charge in [-0.3, -0.25) is 15.6 Å². The molecule has 0 fully saturated rings. The maximum Gasteiger partial charge on any atom is 0.203 e. The lowest BCUT2D eigenvalue weighted by molar-refractivity contribution is -0.628. The van der Waals surface area contributed by atoms with Gasteiger partial charge in [0.1, 0.15) is 18.2 Å². The lowest BCUT2D eigenvalue weighted by Crippen LogP contribution is -2.84. The Labute approximate surface area is 142 Å². The van der Waals surface area contributed by atoms with Crippen molar-refractivity contribution in [2.45, 2.75) is 38.8 Å². The summed E-state index contributed by atoms with van der Waals surface area (Å²) in [4.78, 5) is 4.37. The van der Waals surface area contributed by atoms with Crippen molar-refractivity contribution >= 4 is 12.1 Å². The van der Waals surface area contributed by atoms with Crippen molar-refractivity contribution in [3.05, 3.63) is 47.0 Å². The number of nitrogens with one attached hydrogen (secondary N) is 2. The third-order valence-corrected chi connectivity index (χ3v) is 4.80. The highest BCUT2D eigenvalue weighted by molar-refractivity contribution is 5.85. The van der Waals surface area contributed by atoms with Crippen molar-refractivity contribution in [3.63, 3.8) is 0 Å². The van der Waals surface area contributed by atoms with Crippen LogP contribution in [0.2, 0.25) is 0 Å². The smallest absolute Gasteiger partial charge is 0.203 e. The van der Waals surface area contributed by atoms with E-state index in [0.29, 0.717) is 24.1 Å². The lowest BCUT2D eigenvalue weighted by Gasteiger charge is -2.31. The minimum absolute atomic E-state index is 0.157. The summed E-state index contributed by atoms with van der Waals surface area (Å²) < 4.78 is 13.9. The van der Waals surface area contributed by atoms with Crippen LogP contribution in [0, 0.1) is 11.7 Å². The summed E-state index contributed by atoms with van der Waals surface area (Å²) in [6, 6.07) is 7.25. The molecule has 24 heavy (non-hydrogen) atoms. The molecule has 0 spiro atoms. The van der Waals surface area contributed by atoms with E-state index in [9.17, 15) is 4.39 Å². The van der Waals surface area contributed by atoms with Crippen molar-refractivity contribution < 1.29 is 9.71 Å². The lowest BCUT2D eigenvalue weighted by atomic mass is 9.83. The van der Waals surface area contributed by atoms with Gasteiger partial charge in [0.05, 0.1) is 6.04 Å². The number of benzene rings is 1. The monoisotopic (exact) mass is 330 g/mol. The first kappa shape index (κ1) is 16.6. The molecule has 6 heteroatoms. The first-order valence-corrected chi connectivity index (χ1v) is 8.52.